The van der Waals surface area contributed by atoms with Crippen LogP contribution in [0, 0.1) is 5.92 Å². The molecule has 0 spiro atoms. The fourth-order valence-corrected chi connectivity index (χ4v) is 3.51. The number of rotatable bonds is 7. The summed E-state index contributed by atoms with van der Waals surface area (Å²) < 4.78 is 0. The zero-order chi connectivity index (χ0) is 14.4. The minimum absolute atomic E-state index is 0.659. The number of benzene rings is 1. The zero-order valence-corrected chi connectivity index (χ0v) is 13.5. The molecule has 1 heterocycles. The van der Waals surface area contributed by atoms with Gasteiger partial charge < -0.3 is 5.32 Å². The molecule has 0 radical (unpaired) electrons. The second-order valence-electron chi connectivity index (χ2n) is 5.45. The SMILES string of the molecule is CCNCCc1sc(CC(C)C)nc1-c1ccccc1. The van der Waals surface area contributed by atoms with Gasteiger partial charge in [-0.3, -0.25) is 0 Å². The van der Waals surface area contributed by atoms with Gasteiger partial charge in [-0.15, -0.1) is 11.3 Å². The summed E-state index contributed by atoms with van der Waals surface area (Å²) in [5.74, 6) is 0.659. The minimum atomic E-state index is 0.659. The first-order chi connectivity index (χ1) is 9.70. The van der Waals surface area contributed by atoms with Crippen molar-refractivity contribution in [2.45, 2.75) is 33.6 Å². The average Bonchev–Trinajstić information content (AvgIpc) is 2.82. The van der Waals surface area contributed by atoms with Gasteiger partial charge in [-0.2, -0.15) is 0 Å². The number of likely N-dealkylation sites (N-methyl/N-ethyl adjacent to an activating group) is 1. The number of hydrogen-bond donors (Lipinski definition) is 1. The standard InChI is InChI=1S/C17H24N2S/c1-4-18-11-10-15-17(14-8-6-5-7-9-14)19-16(20-15)12-13(2)3/h5-9,13,18H,4,10-12H2,1-3H3. The topological polar surface area (TPSA) is 24.9 Å². The summed E-state index contributed by atoms with van der Waals surface area (Å²) in [5, 5.41) is 4.67. The molecule has 0 aliphatic rings. The van der Waals surface area contributed by atoms with Gasteiger partial charge in [0.25, 0.3) is 0 Å². The summed E-state index contributed by atoms with van der Waals surface area (Å²) >= 11 is 1.88. The second kappa shape index (κ2) is 7.55. The molecule has 0 fully saturated rings. The number of nitrogens with zero attached hydrogens (tertiary/aromatic N) is 1. The number of thiazole rings is 1. The normalized spacial score (nSPS) is 11.2. The maximum absolute atomic E-state index is 4.89. The molecule has 2 aromatic rings. The fraction of sp³-hybridized carbons (Fsp3) is 0.471. The van der Waals surface area contributed by atoms with Gasteiger partial charge in [0.2, 0.25) is 0 Å². The first-order valence-electron chi connectivity index (χ1n) is 7.45. The van der Waals surface area contributed by atoms with Crippen molar-refractivity contribution in [3.8, 4) is 11.3 Å². The van der Waals surface area contributed by atoms with Crippen LogP contribution in [-0.4, -0.2) is 18.1 Å². The third-order valence-corrected chi connectivity index (χ3v) is 4.29. The predicted molar refractivity (Wildman–Crippen MR) is 88.3 cm³/mol. The molecular formula is C17H24N2S. The molecule has 0 aliphatic carbocycles. The van der Waals surface area contributed by atoms with Crippen molar-refractivity contribution in [2.75, 3.05) is 13.1 Å². The van der Waals surface area contributed by atoms with E-state index in [0.29, 0.717) is 5.92 Å². The van der Waals surface area contributed by atoms with Crippen molar-refractivity contribution >= 4 is 11.3 Å². The van der Waals surface area contributed by atoms with E-state index < -0.39 is 0 Å². The molecule has 108 valence electrons. The molecule has 1 aromatic carbocycles. The van der Waals surface area contributed by atoms with Crippen molar-refractivity contribution in [3.05, 3.63) is 40.2 Å². The summed E-state index contributed by atoms with van der Waals surface area (Å²) in [7, 11) is 0. The van der Waals surface area contributed by atoms with Crippen LogP contribution in [0.2, 0.25) is 0 Å². The summed E-state index contributed by atoms with van der Waals surface area (Å²) in [4.78, 5) is 6.30. The summed E-state index contributed by atoms with van der Waals surface area (Å²) in [6.45, 7) is 8.71. The maximum atomic E-state index is 4.89. The van der Waals surface area contributed by atoms with E-state index in [1.54, 1.807) is 0 Å². The van der Waals surface area contributed by atoms with E-state index in [9.17, 15) is 0 Å². The molecule has 1 aromatic heterocycles. The smallest absolute Gasteiger partial charge is 0.0938 e. The number of hydrogen-bond acceptors (Lipinski definition) is 3. The third-order valence-electron chi connectivity index (χ3n) is 3.15. The quantitative estimate of drug-likeness (QED) is 0.774. The van der Waals surface area contributed by atoms with Crippen molar-refractivity contribution in [1.29, 1.82) is 0 Å². The van der Waals surface area contributed by atoms with Gasteiger partial charge in [0, 0.05) is 23.4 Å². The van der Waals surface area contributed by atoms with E-state index in [1.807, 2.05) is 11.3 Å². The van der Waals surface area contributed by atoms with E-state index in [0.717, 1.165) is 25.9 Å². The highest BCUT2D eigenvalue weighted by molar-refractivity contribution is 7.12. The van der Waals surface area contributed by atoms with Crippen molar-refractivity contribution < 1.29 is 0 Å². The summed E-state index contributed by atoms with van der Waals surface area (Å²) in [5.41, 5.74) is 2.43. The summed E-state index contributed by atoms with van der Waals surface area (Å²) in [6, 6.07) is 10.6. The Morgan fingerprint density at radius 3 is 2.60 bits per heavy atom. The van der Waals surface area contributed by atoms with Gasteiger partial charge in [0.1, 0.15) is 0 Å². The highest BCUT2D eigenvalue weighted by Gasteiger charge is 2.13. The lowest BCUT2D eigenvalue weighted by Gasteiger charge is -2.03. The van der Waals surface area contributed by atoms with E-state index in [-0.39, 0.29) is 0 Å². The Kier molecular flexibility index (Phi) is 5.74. The maximum Gasteiger partial charge on any atom is 0.0938 e. The lowest BCUT2D eigenvalue weighted by atomic mass is 10.1. The lowest BCUT2D eigenvalue weighted by molar-refractivity contribution is 0.645. The van der Waals surface area contributed by atoms with Gasteiger partial charge in [0.15, 0.2) is 0 Å². The monoisotopic (exact) mass is 288 g/mol. The van der Waals surface area contributed by atoms with Crippen molar-refractivity contribution in [3.63, 3.8) is 0 Å². The molecule has 0 bridgehead atoms. The molecule has 0 amide bonds. The zero-order valence-electron chi connectivity index (χ0n) is 12.6. The number of aromatic nitrogens is 1. The van der Waals surface area contributed by atoms with E-state index >= 15 is 0 Å². The van der Waals surface area contributed by atoms with Crippen LogP contribution in [0.1, 0.15) is 30.7 Å². The van der Waals surface area contributed by atoms with E-state index in [2.05, 4.69) is 56.4 Å². The van der Waals surface area contributed by atoms with E-state index in [4.69, 9.17) is 4.98 Å². The van der Waals surface area contributed by atoms with Crippen LogP contribution >= 0.6 is 11.3 Å². The Hall–Kier alpha value is -1.19. The van der Waals surface area contributed by atoms with Crippen molar-refractivity contribution in [2.24, 2.45) is 5.92 Å². The molecule has 20 heavy (non-hydrogen) atoms. The van der Waals surface area contributed by atoms with Gasteiger partial charge in [0.05, 0.1) is 10.7 Å². The Morgan fingerprint density at radius 2 is 1.95 bits per heavy atom. The Labute approximate surface area is 126 Å². The van der Waals surface area contributed by atoms with Crippen LogP contribution in [0.4, 0.5) is 0 Å². The Morgan fingerprint density at radius 1 is 1.20 bits per heavy atom. The molecule has 2 nitrogen and oxygen atoms in total. The van der Waals surface area contributed by atoms with Crippen molar-refractivity contribution in [1.82, 2.24) is 10.3 Å². The van der Waals surface area contributed by atoms with Crippen LogP contribution < -0.4 is 5.32 Å². The Balaban J connectivity index is 2.24. The number of nitrogens with one attached hydrogen (secondary N) is 1. The largest absolute Gasteiger partial charge is 0.317 e. The van der Waals surface area contributed by atoms with E-state index in [1.165, 1.54) is 21.1 Å². The van der Waals surface area contributed by atoms with Gasteiger partial charge in [-0.05, 0) is 18.9 Å². The van der Waals surface area contributed by atoms with Crippen LogP contribution in [0.25, 0.3) is 11.3 Å². The van der Waals surface area contributed by atoms with Gasteiger partial charge >= 0.3 is 0 Å². The van der Waals surface area contributed by atoms with Crippen LogP contribution in [0.5, 0.6) is 0 Å². The average molecular weight is 288 g/mol. The molecule has 0 atom stereocenters. The minimum Gasteiger partial charge on any atom is -0.317 e. The lowest BCUT2D eigenvalue weighted by Crippen LogP contribution is -2.15. The first kappa shape index (κ1) is 15.2. The van der Waals surface area contributed by atoms with Crippen LogP contribution in [-0.2, 0) is 12.8 Å². The highest BCUT2D eigenvalue weighted by atomic mass is 32.1. The highest BCUT2D eigenvalue weighted by Crippen LogP contribution is 2.29. The molecule has 3 heteroatoms. The molecule has 0 saturated carbocycles. The first-order valence-corrected chi connectivity index (χ1v) is 8.27. The molecule has 0 saturated heterocycles. The molecule has 0 aliphatic heterocycles. The molecule has 0 unspecified atom stereocenters. The fourth-order valence-electron chi connectivity index (χ4n) is 2.21. The van der Waals surface area contributed by atoms with Gasteiger partial charge in [-0.25, -0.2) is 4.98 Å². The van der Waals surface area contributed by atoms with Crippen LogP contribution in [0.15, 0.2) is 30.3 Å². The third kappa shape index (κ3) is 4.15. The summed E-state index contributed by atoms with van der Waals surface area (Å²) in [6.07, 6.45) is 2.14. The second-order valence-corrected chi connectivity index (χ2v) is 6.62. The van der Waals surface area contributed by atoms with Gasteiger partial charge in [-0.1, -0.05) is 51.1 Å². The van der Waals surface area contributed by atoms with Crippen LogP contribution in [0.3, 0.4) is 0 Å². The molecule has 2 rings (SSSR count). The predicted octanol–water partition coefficient (Wildman–Crippen LogP) is 4.16. The Bertz CT molecular complexity index is 517. The molecule has 1 N–H and O–H groups in total. The molecular weight excluding hydrogens is 264 g/mol.